The number of hydrogen-bond donors (Lipinski definition) is 0. The highest BCUT2D eigenvalue weighted by Gasteiger charge is 2.23. The van der Waals surface area contributed by atoms with Crippen LogP contribution in [0.25, 0.3) is 0 Å². The Morgan fingerprint density at radius 3 is 2.59 bits per heavy atom. The average molecular weight is 293 g/mol. The molecule has 0 spiro atoms. The Bertz CT molecular complexity index is 639. The maximum Gasteiger partial charge on any atom is 0.140 e. The monoisotopic (exact) mass is 293 g/mol. The molecule has 0 unspecified atom stereocenters. The Morgan fingerprint density at radius 2 is 2.00 bits per heavy atom. The zero-order chi connectivity index (χ0) is 15.4. The second-order valence-electron chi connectivity index (χ2n) is 5.53. The molecule has 0 N–H and O–H groups in total. The minimum Gasteiger partial charge on any atom is -0.370 e. The zero-order valence-corrected chi connectivity index (χ0v) is 12.7. The molecule has 5 heteroatoms. The number of rotatable bonds is 3. The molecule has 1 aliphatic rings. The van der Waals surface area contributed by atoms with Crippen LogP contribution in [0, 0.1) is 11.3 Å². The maximum atomic E-state index is 8.81. The zero-order valence-electron chi connectivity index (χ0n) is 12.7. The lowest BCUT2D eigenvalue weighted by Crippen LogP contribution is -2.43. The van der Waals surface area contributed by atoms with Crippen LogP contribution in [0.1, 0.15) is 18.5 Å². The minimum atomic E-state index is 0.466. The minimum absolute atomic E-state index is 0.466. The van der Waals surface area contributed by atoms with E-state index >= 15 is 0 Å². The summed E-state index contributed by atoms with van der Waals surface area (Å²) in [4.78, 5) is 13.2. The Morgan fingerprint density at radius 1 is 1.18 bits per heavy atom. The molecule has 112 valence electrons. The maximum absolute atomic E-state index is 8.81. The van der Waals surface area contributed by atoms with Crippen molar-refractivity contribution in [2.45, 2.75) is 18.9 Å². The van der Waals surface area contributed by atoms with Gasteiger partial charge >= 0.3 is 0 Å². The van der Waals surface area contributed by atoms with E-state index in [0.717, 1.165) is 37.4 Å². The van der Waals surface area contributed by atoms with E-state index in [9.17, 15) is 0 Å². The van der Waals surface area contributed by atoms with Crippen molar-refractivity contribution >= 4 is 11.5 Å². The van der Waals surface area contributed by atoms with E-state index in [0.29, 0.717) is 11.7 Å². The lowest BCUT2D eigenvalue weighted by Gasteiger charge is -2.38. The van der Waals surface area contributed by atoms with Crippen LogP contribution in [-0.4, -0.2) is 36.1 Å². The second-order valence-corrected chi connectivity index (χ2v) is 5.53. The van der Waals surface area contributed by atoms with Gasteiger partial charge in [-0.25, -0.2) is 9.97 Å². The van der Waals surface area contributed by atoms with Crippen LogP contribution in [0.15, 0.2) is 42.7 Å². The molecule has 0 bridgehead atoms. The fraction of sp³-hybridized carbons (Fsp3) is 0.353. The summed E-state index contributed by atoms with van der Waals surface area (Å²) >= 11 is 0. The predicted molar refractivity (Wildman–Crippen MR) is 86.8 cm³/mol. The third kappa shape index (κ3) is 3.01. The molecule has 22 heavy (non-hydrogen) atoms. The summed E-state index contributed by atoms with van der Waals surface area (Å²) < 4.78 is 0. The molecule has 3 rings (SSSR count). The van der Waals surface area contributed by atoms with Crippen molar-refractivity contribution < 1.29 is 0 Å². The van der Waals surface area contributed by atoms with Gasteiger partial charge in [0.05, 0.1) is 11.9 Å². The molecule has 0 atom stereocenters. The highest BCUT2D eigenvalue weighted by molar-refractivity contribution is 5.47. The summed E-state index contributed by atoms with van der Waals surface area (Å²) in [5.74, 6) is 1.03. The topological polar surface area (TPSA) is 56.1 Å². The van der Waals surface area contributed by atoms with Gasteiger partial charge in [-0.1, -0.05) is 6.07 Å². The molecule has 2 aromatic rings. The van der Waals surface area contributed by atoms with E-state index in [1.165, 1.54) is 0 Å². The average Bonchev–Trinajstić information content (AvgIpc) is 2.62. The van der Waals surface area contributed by atoms with Crippen molar-refractivity contribution in [2.24, 2.45) is 0 Å². The molecule has 2 aromatic heterocycles. The fourth-order valence-corrected chi connectivity index (χ4v) is 2.90. The number of piperidine rings is 1. The quantitative estimate of drug-likeness (QED) is 0.870. The predicted octanol–water partition coefficient (Wildman–Crippen LogP) is 2.45. The summed E-state index contributed by atoms with van der Waals surface area (Å²) in [6, 6.07) is 12.3. The van der Waals surface area contributed by atoms with Crippen LogP contribution in [0.4, 0.5) is 11.5 Å². The van der Waals surface area contributed by atoms with Crippen molar-refractivity contribution in [3.63, 3.8) is 0 Å². The van der Waals surface area contributed by atoms with Gasteiger partial charge in [0.1, 0.15) is 17.6 Å². The molecular weight excluding hydrogens is 274 g/mol. The van der Waals surface area contributed by atoms with Crippen LogP contribution in [0.3, 0.4) is 0 Å². The fourth-order valence-electron chi connectivity index (χ4n) is 2.90. The lowest BCUT2D eigenvalue weighted by atomic mass is 10.0. The van der Waals surface area contributed by atoms with Gasteiger partial charge < -0.3 is 9.80 Å². The van der Waals surface area contributed by atoms with E-state index in [1.807, 2.05) is 24.4 Å². The van der Waals surface area contributed by atoms with Gasteiger partial charge in [-0.3, -0.25) is 0 Å². The summed E-state index contributed by atoms with van der Waals surface area (Å²) in [6.45, 7) is 1.99. The van der Waals surface area contributed by atoms with Gasteiger partial charge in [-0.15, -0.1) is 0 Å². The first-order valence-corrected chi connectivity index (χ1v) is 7.53. The van der Waals surface area contributed by atoms with Crippen LogP contribution in [-0.2, 0) is 0 Å². The standard InChI is InChI=1S/C17H19N5/c1-21(17-4-2-3-9-19-17)15-7-10-22(11-8-15)16-6-5-14(12-18)20-13-16/h2-6,9,13,15H,7-8,10-11H2,1H3. The van der Waals surface area contributed by atoms with Gasteiger partial charge in [0.2, 0.25) is 0 Å². The number of aromatic nitrogens is 2. The number of nitriles is 1. The molecule has 1 aliphatic heterocycles. The molecular formula is C17H19N5. The lowest BCUT2D eigenvalue weighted by molar-refractivity contribution is 0.480. The first kappa shape index (κ1) is 14.3. The summed E-state index contributed by atoms with van der Waals surface area (Å²) in [6.07, 6.45) is 5.81. The summed E-state index contributed by atoms with van der Waals surface area (Å²) in [5, 5.41) is 8.81. The van der Waals surface area contributed by atoms with Crippen LogP contribution >= 0.6 is 0 Å². The van der Waals surface area contributed by atoms with Crippen molar-refractivity contribution in [2.75, 3.05) is 29.9 Å². The van der Waals surface area contributed by atoms with Crippen LogP contribution < -0.4 is 9.80 Å². The number of pyridine rings is 2. The van der Waals surface area contributed by atoms with Crippen molar-refractivity contribution in [3.05, 3.63) is 48.4 Å². The highest BCUT2D eigenvalue weighted by Crippen LogP contribution is 2.23. The molecule has 0 saturated carbocycles. The van der Waals surface area contributed by atoms with Gasteiger partial charge in [-0.2, -0.15) is 5.26 Å². The van der Waals surface area contributed by atoms with Crippen LogP contribution in [0.2, 0.25) is 0 Å². The molecule has 1 saturated heterocycles. The number of nitrogens with zero attached hydrogens (tertiary/aromatic N) is 5. The normalized spacial score (nSPS) is 15.4. The third-order valence-electron chi connectivity index (χ3n) is 4.25. The SMILES string of the molecule is CN(c1ccccn1)C1CCN(c2ccc(C#N)nc2)CC1. The number of hydrogen-bond acceptors (Lipinski definition) is 5. The molecule has 0 amide bonds. The molecule has 0 aliphatic carbocycles. The molecule has 0 aromatic carbocycles. The summed E-state index contributed by atoms with van der Waals surface area (Å²) in [5.41, 5.74) is 1.56. The summed E-state index contributed by atoms with van der Waals surface area (Å²) in [7, 11) is 2.12. The molecule has 1 fully saturated rings. The van der Waals surface area contributed by atoms with E-state index in [1.54, 1.807) is 12.3 Å². The second kappa shape index (κ2) is 6.44. The Hall–Kier alpha value is -2.61. The first-order valence-electron chi connectivity index (χ1n) is 7.53. The molecule has 3 heterocycles. The van der Waals surface area contributed by atoms with Gasteiger partial charge in [-0.05, 0) is 37.1 Å². The smallest absolute Gasteiger partial charge is 0.140 e. The van der Waals surface area contributed by atoms with Crippen molar-refractivity contribution in [1.82, 2.24) is 9.97 Å². The van der Waals surface area contributed by atoms with E-state index in [-0.39, 0.29) is 0 Å². The first-order chi connectivity index (χ1) is 10.8. The number of anilines is 2. The van der Waals surface area contributed by atoms with E-state index in [2.05, 4.69) is 39.0 Å². The van der Waals surface area contributed by atoms with Gasteiger partial charge in [0.25, 0.3) is 0 Å². The van der Waals surface area contributed by atoms with E-state index < -0.39 is 0 Å². The molecule has 0 radical (unpaired) electrons. The Labute approximate surface area is 130 Å². The third-order valence-corrected chi connectivity index (χ3v) is 4.25. The van der Waals surface area contributed by atoms with Gasteiger partial charge in [0.15, 0.2) is 0 Å². The van der Waals surface area contributed by atoms with E-state index in [4.69, 9.17) is 5.26 Å². The Kier molecular flexibility index (Phi) is 4.19. The largest absolute Gasteiger partial charge is 0.370 e. The van der Waals surface area contributed by atoms with Crippen molar-refractivity contribution in [1.29, 1.82) is 5.26 Å². The highest BCUT2D eigenvalue weighted by atomic mass is 15.2. The van der Waals surface area contributed by atoms with Crippen molar-refractivity contribution in [3.8, 4) is 6.07 Å². The van der Waals surface area contributed by atoms with Gasteiger partial charge in [0, 0.05) is 32.4 Å². The Balaban J connectivity index is 1.61. The van der Waals surface area contributed by atoms with Crippen LogP contribution in [0.5, 0.6) is 0 Å². The molecule has 5 nitrogen and oxygen atoms in total.